The third kappa shape index (κ3) is 4.70. The summed E-state index contributed by atoms with van der Waals surface area (Å²) in [5, 5.41) is 0.798. The molecule has 0 saturated carbocycles. The number of nitrogens with zero attached hydrogens (tertiary/aromatic N) is 1. The zero-order chi connectivity index (χ0) is 14.6. The van der Waals surface area contributed by atoms with E-state index in [9.17, 15) is 0 Å². The van der Waals surface area contributed by atoms with E-state index in [4.69, 9.17) is 16.3 Å². The van der Waals surface area contributed by atoms with E-state index in [2.05, 4.69) is 46.7 Å². The van der Waals surface area contributed by atoms with Crippen molar-refractivity contribution in [2.45, 2.75) is 39.5 Å². The highest BCUT2D eigenvalue weighted by Crippen LogP contribution is 2.37. The van der Waals surface area contributed by atoms with Gasteiger partial charge in [0.05, 0.1) is 0 Å². The van der Waals surface area contributed by atoms with Gasteiger partial charge in [-0.25, -0.2) is 0 Å². The molecule has 108 valence electrons. The van der Waals surface area contributed by atoms with Gasteiger partial charge in [-0.2, -0.15) is 0 Å². The van der Waals surface area contributed by atoms with Gasteiger partial charge < -0.3 is 9.64 Å². The average molecular weight is 284 g/mol. The number of hydrogen-bond donors (Lipinski definition) is 0. The molecular weight excluding hydrogens is 258 g/mol. The van der Waals surface area contributed by atoms with Crippen LogP contribution in [-0.2, 0) is 0 Å². The first-order valence-corrected chi connectivity index (χ1v) is 7.31. The molecule has 0 heterocycles. The highest BCUT2D eigenvalue weighted by Gasteiger charge is 2.16. The van der Waals surface area contributed by atoms with E-state index in [0.717, 1.165) is 17.3 Å². The smallest absolute Gasteiger partial charge is 0.126 e. The van der Waals surface area contributed by atoms with Gasteiger partial charge in [0.15, 0.2) is 0 Å². The minimum Gasteiger partial charge on any atom is -0.492 e. The standard InChI is InChI=1S/C16H26ClNO/c1-11(2)14-9-13(17)10-15(12(3)4)16(14)19-8-7-18(5)6/h9-12H,7-8H2,1-6H3. The molecule has 3 heteroatoms. The Morgan fingerprint density at radius 2 is 1.53 bits per heavy atom. The Balaban J connectivity index is 3.08. The fourth-order valence-electron chi connectivity index (χ4n) is 1.99. The summed E-state index contributed by atoms with van der Waals surface area (Å²) in [5.74, 6) is 1.84. The van der Waals surface area contributed by atoms with Gasteiger partial charge in [-0.1, -0.05) is 39.3 Å². The molecule has 0 aliphatic carbocycles. The van der Waals surface area contributed by atoms with Gasteiger partial charge >= 0.3 is 0 Å². The maximum absolute atomic E-state index is 6.23. The van der Waals surface area contributed by atoms with E-state index in [-0.39, 0.29) is 0 Å². The number of hydrogen-bond acceptors (Lipinski definition) is 2. The lowest BCUT2D eigenvalue weighted by molar-refractivity contribution is 0.256. The number of benzene rings is 1. The molecule has 2 nitrogen and oxygen atoms in total. The maximum Gasteiger partial charge on any atom is 0.126 e. The summed E-state index contributed by atoms with van der Waals surface area (Å²) in [7, 11) is 4.11. The Morgan fingerprint density at radius 1 is 1.05 bits per heavy atom. The van der Waals surface area contributed by atoms with Gasteiger partial charge in [-0.15, -0.1) is 0 Å². The molecule has 0 aliphatic rings. The molecule has 0 aromatic heterocycles. The highest BCUT2D eigenvalue weighted by atomic mass is 35.5. The Hall–Kier alpha value is -0.730. The summed E-state index contributed by atoms with van der Waals surface area (Å²) >= 11 is 6.23. The van der Waals surface area contributed by atoms with Gasteiger partial charge in [0.2, 0.25) is 0 Å². The van der Waals surface area contributed by atoms with Crippen LogP contribution >= 0.6 is 11.6 Å². The van der Waals surface area contributed by atoms with Gasteiger partial charge in [0.1, 0.15) is 12.4 Å². The molecule has 1 rings (SSSR count). The fourth-order valence-corrected chi connectivity index (χ4v) is 2.23. The minimum absolute atomic E-state index is 0.408. The summed E-state index contributed by atoms with van der Waals surface area (Å²) in [6.07, 6.45) is 0. The first-order chi connectivity index (χ1) is 8.82. The molecule has 0 fully saturated rings. The van der Waals surface area contributed by atoms with Crippen molar-refractivity contribution in [1.82, 2.24) is 4.90 Å². The van der Waals surface area contributed by atoms with Gasteiger partial charge in [-0.05, 0) is 49.2 Å². The molecule has 0 bridgehead atoms. The summed E-state index contributed by atoms with van der Waals surface area (Å²) in [4.78, 5) is 2.13. The minimum atomic E-state index is 0.408. The molecule has 0 saturated heterocycles. The lowest BCUT2D eigenvalue weighted by atomic mass is 9.94. The van der Waals surface area contributed by atoms with Crippen molar-refractivity contribution in [2.24, 2.45) is 0 Å². The van der Waals surface area contributed by atoms with Crippen LogP contribution in [0.3, 0.4) is 0 Å². The molecule has 0 aliphatic heterocycles. The van der Waals surface area contributed by atoms with Crippen LogP contribution in [0.25, 0.3) is 0 Å². The molecule has 1 aromatic carbocycles. The second kappa shape index (κ2) is 7.16. The Labute approximate surface area is 122 Å². The molecule has 0 radical (unpaired) electrons. The maximum atomic E-state index is 6.23. The van der Waals surface area contributed by atoms with E-state index in [1.54, 1.807) is 0 Å². The molecule has 0 spiro atoms. The normalized spacial score (nSPS) is 11.7. The molecule has 0 atom stereocenters. The number of ether oxygens (including phenoxy) is 1. The van der Waals surface area contributed by atoms with Crippen molar-refractivity contribution >= 4 is 11.6 Å². The van der Waals surface area contributed by atoms with E-state index in [1.165, 1.54) is 11.1 Å². The monoisotopic (exact) mass is 283 g/mol. The van der Waals surface area contributed by atoms with E-state index in [1.807, 2.05) is 12.1 Å². The Kier molecular flexibility index (Phi) is 6.15. The SMILES string of the molecule is CC(C)c1cc(Cl)cc(C(C)C)c1OCCN(C)C. The molecule has 1 aromatic rings. The lowest BCUT2D eigenvalue weighted by Gasteiger charge is -2.21. The van der Waals surface area contributed by atoms with Crippen LogP contribution in [0.2, 0.25) is 5.02 Å². The van der Waals surface area contributed by atoms with Crippen LogP contribution in [0.4, 0.5) is 0 Å². The molecule has 0 N–H and O–H groups in total. The van der Waals surface area contributed by atoms with Crippen LogP contribution in [-0.4, -0.2) is 32.1 Å². The quantitative estimate of drug-likeness (QED) is 0.761. The summed E-state index contributed by atoms with van der Waals surface area (Å²) in [5.41, 5.74) is 2.41. The van der Waals surface area contributed by atoms with Crippen molar-refractivity contribution < 1.29 is 4.74 Å². The predicted molar refractivity (Wildman–Crippen MR) is 83.7 cm³/mol. The third-order valence-corrected chi connectivity index (χ3v) is 3.36. The van der Waals surface area contributed by atoms with Gasteiger partial charge in [0.25, 0.3) is 0 Å². The summed E-state index contributed by atoms with van der Waals surface area (Å²) in [6, 6.07) is 4.06. The van der Waals surface area contributed by atoms with Crippen LogP contribution < -0.4 is 4.74 Å². The Bertz CT molecular complexity index is 384. The fraction of sp³-hybridized carbons (Fsp3) is 0.625. The molecule has 19 heavy (non-hydrogen) atoms. The predicted octanol–water partition coefficient (Wildman–Crippen LogP) is 4.53. The van der Waals surface area contributed by atoms with E-state index < -0.39 is 0 Å². The number of likely N-dealkylation sites (N-methyl/N-ethyl adjacent to an activating group) is 1. The summed E-state index contributed by atoms with van der Waals surface area (Å²) < 4.78 is 6.06. The zero-order valence-electron chi connectivity index (χ0n) is 13.0. The lowest BCUT2D eigenvalue weighted by Crippen LogP contribution is -2.20. The van der Waals surface area contributed by atoms with Crippen molar-refractivity contribution in [3.63, 3.8) is 0 Å². The van der Waals surface area contributed by atoms with E-state index >= 15 is 0 Å². The summed E-state index contributed by atoms with van der Waals surface area (Å²) in [6.45, 7) is 10.3. The average Bonchev–Trinajstić information content (AvgIpc) is 2.29. The van der Waals surface area contributed by atoms with Crippen molar-refractivity contribution in [3.05, 3.63) is 28.3 Å². The molecule has 0 amide bonds. The first kappa shape index (κ1) is 16.3. The number of halogens is 1. The Morgan fingerprint density at radius 3 is 1.89 bits per heavy atom. The van der Waals surface area contributed by atoms with Crippen LogP contribution in [0, 0.1) is 0 Å². The molecular formula is C16H26ClNO. The largest absolute Gasteiger partial charge is 0.492 e. The van der Waals surface area contributed by atoms with Gasteiger partial charge in [0, 0.05) is 11.6 Å². The van der Waals surface area contributed by atoms with Crippen molar-refractivity contribution in [2.75, 3.05) is 27.2 Å². The van der Waals surface area contributed by atoms with Crippen LogP contribution in [0.15, 0.2) is 12.1 Å². The first-order valence-electron chi connectivity index (χ1n) is 6.93. The highest BCUT2D eigenvalue weighted by molar-refractivity contribution is 6.30. The second-order valence-corrected chi connectivity index (χ2v) is 6.31. The second-order valence-electron chi connectivity index (χ2n) is 5.87. The van der Waals surface area contributed by atoms with Crippen molar-refractivity contribution in [1.29, 1.82) is 0 Å². The van der Waals surface area contributed by atoms with Crippen molar-refractivity contribution in [3.8, 4) is 5.75 Å². The third-order valence-electron chi connectivity index (χ3n) is 3.14. The van der Waals surface area contributed by atoms with Gasteiger partial charge in [-0.3, -0.25) is 0 Å². The topological polar surface area (TPSA) is 12.5 Å². The molecule has 0 unspecified atom stereocenters. The van der Waals surface area contributed by atoms with E-state index in [0.29, 0.717) is 18.4 Å². The zero-order valence-corrected chi connectivity index (χ0v) is 13.7. The number of rotatable bonds is 6. The van der Waals surface area contributed by atoms with Crippen LogP contribution in [0.1, 0.15) is 50.7 Å². The van der Waals surface area contributed by atoms with Crippen LogP contribution in [0.5, 0.6) is 5.75 Å².